The first-order chi connectivity index (χ1) is 7.34. The molecule has 0 heterocycles. The minimum Gasteiger partial charge on any atom is -0.507 e. The zero-order chi connectivity index (χ0) is 12.5. The topological polar surface area (TPSA) is 80.4 Å². The molecule has 1 aromatic rings. The number of non-ortho nitro benzene ring substituents is 1. The highest BCUT2D eigenvalue weighted by molar-refractivity contribution is 5.97. The van der Waals surface area contributed by atoms with Gasteiger partial charge in [-0.15, -0.1) is 0 Å². The summed E-state index contributed by atoms with van der Waals surface area (Å²) >= 11 is 0. The third kappa shape index (κ3) is 2.13. The molecule has 0 saturated carbocycles. The molecule has 0 aliphatic rings. The van der Waals surface area contributed by atoms with Crippen molar-refractivity contribution in [3.63, 3.8) is 0 Å². The Bertz CT molecular complexity index is 459. The van der Waals surface area contributed by atoms with Crippen LogP contribution < -0.4 is 0 Å². The summed E-state index contributed by atoms with van der Waals surface area (Å²) in [4.78, 5) is 20.5. The number of halogens is 2. The molecule has 0 saturated heterocycles. The Morgan fingerprint density at radius 1 is 1.50 bits per heavy atom. The van der Waals surface area contributed by atoms with Gasteiger partial charge in [0, 0.05) is 12.1 Å². The highest BCUT2D eigenvalue weighted by atomic mass is 19.3. The SMILES string of the molecule is CC(=O)c1cc([N+](=O)[O-])cc(C(F)F)c1O. The van der Waals surface area contributed by atoms with Gasteiger partial charge >= 0.3 is 0 Å². The van der Waals surface area contributed by atoms with Crippen LogP contribution in [0.3, 0.4) is 0 Å². The van der Waals surface area contributed by atoms with E-state index in [-0.39, 0.29) is 0 Å². The number of rotatable bonds is 3. The summed E-state index contributed by atoms with van der Waals surface area (Å²) in [6, 6.07) is 1.32. The average molecular weight is 231 g/mol. The minimum absolute atomic E-state index is 0.482. The molecule has 0 fully saturated rings. The number of phenols is 1. The van der Waals surface area contributed by atoms with Gasteiger partial charge in [0.2, 0.25) is 0 Å². The monoisotopic (exact) mass is 231 g/mol. The first-order valence-corrected chi connectivity index (χ1v) is 4.15. The smallest absolute Gasteiger partial charge is 0.270 e. The first kappa shape index (κ1) is 12.0. The third-order valence-corrected chi connectivity index (χ3v) is 1.95. The number of hydrogen-bond acceptors (Lipinski definition) is 4. The number of benzene rings is 1. The molecule has 0 unspecified atom stereocenters. The maximum Gasteiger partial charge on any atom is 0.270 e. The van der Waals surface area contributed by atoms with Crippen LogP contribution in [0.4, 0.5) is 14.5 Å². The number of carbonyl (C=O) groups excluding carboxylic acids is 1. The largest absolute Gasteiger partial charge is 0.507 e. The van der Waals surface area contributed by atoms with E-state index in [1.54, 1.807) is 0 Å². The number of carbonyl (C=O) groups is 1. The molecule has 1 aromatic carbocycles. The first-order valence-electron chi connectivity index (χ1n) is 4.15. The van der Waals surface area contributed by atoms with Gasteiger partial charge in [-0.2, -0.15) is 0 Å². The average Bonchev–Trinajstić information content (AvgIpc) is 2.16. The van der Waals surface area contributed by atoms with E-state index in [0.29, 0.717) is 6.07 Å². The second-order valence-corrected chi connectivity index (χ2v) is 3.05. The van der Waals surface area contributed by atoms with Crippen LogP contribution >= 0.6 is 0 Å². The normalized spacial score (nSPS) is 10.5. The quantitative estimate of drug-likeness (QED) is 0.492. The molecule has 0 aliphatic heterocycles. The lowest BCUT2D eigenvalue weighted by molar-refractivity contribution is -0.385. The van der Waals surface area contributed by atoms with Crippen molar-refractivity contribution in [3.05, 3.63) is 33.4 Å². The zero-order valence-electron chi connectivity index (χ0n) is 8.11. The number of nitrogens with zero attached hydrogens (tertiary/aromatic N) is 1. The number of hydrogen-bond donors (Lipinski definition) is 1. The van der Waals surface area contributed by atoms with E-state index in [0.717, 1.165) is 13.0 Å². The fourth-order valence-electron chi connectivity index (χ4n) is 1.18. The summed E-state index contributed by atoms with van der Waals surface area (Å²) in [5, 5.41) is 19.7. The number of ketones is 1. The second kappa shape index (κ2) is 4.21. The second-order valence-electron chi connectivity index (χ2n) is 3.05. The standard InChI is InChI=1S/C9H7F2NO4/c1-4(13)6-2-5(12(15)16)3-7(8(6)14)9(10)11/h2-3,9,14H,1H3. The molecule has 5 nitrogen and oxygen atoms in total. The number of nitro groups is 1. The molecule has 0 aromatic heterocycles. The van der Waals surface area contributed by atoms with Crippen molar-refractivity contribution in [2.45, 2.75) is 13.3 Å². The molecule has 0 aliphatic carbocycles. The zero-order valence-corrected chi connectivity index (χ0v) is 8.11. The van der Waals surface area contributed by atoms with Gasteiger partial charge in [0.25, 0.3) is 12.1 Å². The molecular formula is C9H7F2NO4. The van der Waals surface area contributed by atoms with Crippen LogP contribution in [-0.2, 0) is 0 Å². The fraction of sp³-hybridized carbons (Fsp3) is 0.222. The molecule has 0 radical (unpaired) electrons. The van der Waals surface area contributed by atoms with Crippen LogP contribution in [0.15, 0.2) is 12.1 Å². The van der Waals surface area contributed by atoms with Crippen molar-refractivity contribution in [2.75, 3.05) is 0 Å². The Morgan fingerprint density at radius 2 is 2.06 bits per heavy atom. The molecule has 1 N–H and O–H groups in total. The molecule has 1 rings (SSSR count). The number of alkyl halides is 2. The van der Waals surface area contributed by atoms with Gasteiger partial charge in [0.05, 0.1) is 16.1 Å². The molecule has 7 heteroatoms. The number of phenolic OH excluding ortho intramolecular Hbond substituents is 1. The van der Waals surface area contributed by atoms with E-state index >= 15 is 0 Å². The number of nitro benzene ring substituents is 1. The summed E-state index contributed by atoms with van der Waals surface area (Å²) in [6.45, 7) is 1.02. The van der Waals surface area contributed by atoms with Crippen molar-refractivity contribution in [2.24, 2.45) is 0 Å². The van der Waals surface area contributed by atoms with Gasteiger partial charge in [-0.1, -0.05) is 0 Å². The third-order valence-electron chi connectivity index (χ3n) is 1.95. The van der Waals surface area contributed by atoms with Crippen molar-refractivity contribution >= 4 is 11.5 Å². The number of aromatic hydroxyl groups is 1. The molecule has 16 heavy (non-hydrogen) atoms. The maximum absolute atomic E-state index is 12.4. The van der Waals surface area contributed by atoms with Gasteiger partial charge in [-0.3, -0.25) is 14.9 Å². The summed E-state index contributed by atoms with van der Waals surface area (Å²) < 4.78 is 24.8. The van der Waals surface area contributed by atoms with E-state index in [1.165, 1.54) is 0 Å². The van der Waals surface area contributed by atoms with Gasteiger partial charge in [0.15, 0.2) is 5.78 Å². The molecule has 0 amide bonds. The summed E-state index contributed by atoms with van der Waals surface area (Å²) in [7, 11) is 0. The maximum atomic E-state index is 12.4. The Labute approximate surface area is 88.5 Å². The van der Waals surface area contributed by atoms with Crippen LogP contribution in [-0.4, -0.2) is 15.8 Å². The fourth-order valence-corrected chi connectivity index (χ4v) is 1.18. The number of Topliss-reactive ketones (excluding diaryl/α,β-unsaturated/α-hetero) is 1. The van der Waals surface area contributed by atoms with Crippen LogP contribution in [0.5, 0.6) is 5.75 Å². The van der Waals surface area contributed by atoms with E-state index in [2.05, 4.69) is 0 Å². The van der Waals surface area contributed by atoms with Crippen LogP contribution in [0.25, 0.3) is 0 Å². The van der Waals surface area contributed by atoms with Gasteiger partial charge in [0.1, 0.15) is 5.75 Å². The van der Waals surface area contributed by atoms with E-state index < -0.39 is 39.7 Å². The summed E-state index contributed by atoms with van der Waals surface area (Å²) in [5.74, 6) is -1.63. The lowest BCUT2D eigenvalue weighted by Crippen LogP contribution is -2.00. The Morgan fingerprint density at radius 3 is 2.44 bits per heavy atom. The molecule has 0 atom stereocenters. The Hall–Kier alpha value is -2.05. The van der Waals surface area contributed by atoms with Gasteiger partial charge < -0.3 is 5.11 Å². The van der Waals surface area contributed by atoms with Crippen molar-refractivity contribution in [3.8, 4) is 5.75 Å². The summed E-state index contributed by atoms with van der Waals surface area (Å²) in [6.07, 6.45) is -3.09. The van der Waals surface area contributed by atoms with Gasteiger partial charge in [-0.05, 0) is 6.92 Å². The summed E-state index contributed by atoms with van der Waals surface area (Å²) in [5.41, 5.74) is -2.05. The highest BCUT2D eigenvalue weighted by Gasteiger charge is 2.23. The van der Waals surface area contributed by atoms with Gasteiger partial charge in [-0.25, -0.2) is 8.78 Å². The highest BCUT2D eigenvalue weighted by Crippen LogP contribution is 2.35. The van der Waals surface area contributed by atoms with Crippen LogP contribution in [0, 0.1) is 10.1 Å². The lowest BCUT2D eigenvalue weighted by atomic mass is 10.0. The molecule has 0 spiro atoms. The van der Waals surface area contributed by atoms with E-state index in [9.17, 15) is 28.8 Å². The minimum atomic E-state index is -3.09. The predicted molar refractivity (Wildman–Crippen MR) is 49.7 cm³/mol. The van der Waals surface area contributed by atoms with E-state index in [4.69, 9.17) is 0 Å². The van der Waals surface area contributed by atoms with E-state index in [1.807, 2.05) is 0 Å². The Kier molecular flexibility index (Phi) is 3.17. The Balaban J connectivity index is 3.51. The van der Waals surface area contributed by atoms with Crippen molar-refractivity contribution in [1.82, 2.24) is 0 Å². The van der Waals surface area contributed by atoms with Crippen LogP contribution in [0.2, 0.25) is 0 Å². The van der Waals surface area contributed by atoms with Crippen molar-refractivity contribution < 1.29 is 23.6 Å². The predicted octanol–water partition coefficient (Wildman–Crippen LogP) is 2.44. The van der Waals surface area contributed by atoms with Crippen molar-refractivity contribution in [1.29, 1.82) is 0 Å². The van der Waals surface area contributed by atoms with Crippen LogP contribution in [0.1, 0.15) is 29.3 Å². The molecular weight excluding hydrogens is 224 g/mol. The lowest BCUT2D eigenvalue weighted by Gasteiger charge is -2.06. The molecule has 0 bridgehead atoms. The molecule has 86 valence electrons.